The highest BCUT2D eigenvalue weighted by Gasteiger charge is 2.47. The van der Waals surface area contributed by atoms with Crippen LogP contribution in [0.3, 0.4) is 0 Å². The summed E-state index contributed by atoms with van der Waals surface area (Å²) < 4.78 is 0. The monoisotopic (exact) mass is 258 g/mol. The van der Waals surface area contributed by atoms with Crippen molar-refractivity contribution in [1.29, 1.82) is 0 Å². The maximum absolute atomic E-state index is 12.4. The Kier molecular flexibility index (Phi) is 3.36. The van der Waals surface area contributed by atoms with E-state index in [1.165, 1.54) is 33.4 Å². The van der Waals surface area contributed by atoms with Crippen molar-refractivity contribution in [1.82, 2.24) is 0 Å². The smallest absolute Gasteiger partial charge is 0.140 e. The van der Waals surface area contributed by atoms with Crippen LogP contribution in [-0.4, -0.2) is 5.78 Å². The predicted octanol–water partition coefficient (Wildman–Crippen LogP) is 4.35. The molecule has 0 aromatic heterocycles. The van der Waals surface area contributed by atoms with Crippen LogP contribution in [0.4, 0.5) is 0 Å². The number of hydrogen-bond acceptors (Lipinski definition) is 1. The average molecular weight is 258 g/mol. The minimum Gasteiger partial charge on any atom is -0.299 e. The molecule has 0 spiro atoms. The molecule has 0 fully saturated rings. The molecule has 19 heavy (non-hydrogen) atoms. The van der Waals surface area contributed by atoms with Crippen molar-refractivity contribution in [3.63, 3.8) is 0 Å². The Hall–Kier alpha value is -1.11. The van der Waals surface area contributed by atoms with Crippen LogP contribution in [0.25, 0.3) is 0 Å². The lowest BCUT2D eigenvalue weighted by Crippen LogP contribution is -2.38. The largest absolute Gasteiger partial charge is 0.299 e. The Morgan fingerprint density at radius 2 is 1.53 bits per heavy atom. The standard InChI is InChI=1S/C18H26O/c1-10(2)18(15(7)19)9-8-16-13(5)11(3)12(4)14(6)17(16)18/h10H,8-9H2,1-7H3. The number of Topliss-reactive ketones (excluding diaryl/α,β-unsaturated/α-hetero) is 1. The highest BCUT2D eigenvalue weighted by Crippen LogP contribution is 2.49. The topological polar surface area (TPSA) is 17.1 Å². The SMILES string of the molecule is CC(=O)C1(C(C)C)CCc2c(C)c(C)c(C)c(C)c21. The fraction of sp³-hybridized carbons (Fsp3) is 0.611. The summed E-state index contributed by atoms with van der Waals surface area (Å²) in [5.74, 6) is 0.707. The molecule has 1 nitrogen and oxygen atoms in total. The Bertz CT molecular complexity index is 552. The van der Waals surface area contributed by atoms with Crippen LogP contribution in [-0.2, 0) is 16.6 Å². The summed E-state index contributed by atoms with van der Waals surface area (Å²) in [5, 5.41) is 0. The first-order valence-corrected chi connectivity index (χ1v) is 7.35. The van der Waals surface area contributed by atoms with Crippen molar-refractivity contribution in [2.45, 2.75) is 66.7 Å². The Labute approximate surface area is 117 Å². The highest BCUT2D eigenvalue weighted by atomic mass is 16.1. The molecule has 104 valence electrons. The third-order valence-corrected chi connectivity index (χ3v) is 5.65. The van der Waals surface area contributed by atoms with E-state index in [1.807, 2.05) is 0 Å². The highest BCUT2D eigenvalue weighted by molar-refractivity contribution is 5.90. The van der Waals surface area contributed by atoms with E-state index in [2.05, 4.69) is 41.5 Å². The van der Waals surface area contributed by atoms with Crippen LogP contribution in [0.5, 0.6) is 0 Å². The summed E-state index contributed by atoms with van der Waals surface area (Å²) in [6.45, 7) is 15.0. The summed E-state index contributed by atoms with van der Waals surface area (Å²) in [5.41, 5.74) is 8.08. The molecule has 0 amide bonds. The molecule has 0 saturated heterocycles. The van der Waals surface area contributed by atoms with Gasteiger partial charge in [-0.1, -0.05) is 13.8 Å². The minimum absolute atomic E-state index is 0.247. The molecule has 0 saturated carbocycles. The van der Waals surface area contributed by atoms with E-state index in [0.29, 0.717) is 11.7 Å². The number of rotatable bonds is 2. The fourth-order valence-electron chi connectivity index (χ4n) is 4.09. The molecular formula is C18H26O. The zero-order valence-electron chi connectivity index (χ0n) is 13.4. The van der Waals surface area contributed by atoms with Gasteiger partial charge in [0.1, 0.15) is 5.78 Å². The van der Waals surface area contributed by atoms with E-state index in [9.17, 15) is 4.79 Å². The van der Waals surface area contributed by atoms with Crippen molar-refractivity contribution in [3.05, 3.63) is 33.4 Å². The van der Waals surface area contributed by atoms with Gasteiger partial charge in [0.25, 0.3) is 0 Å². The van der Waals surface area contributed by atoms with Crippen LogP contribution in [0.15, 0.2) is 0 Å². The summed E-state index contributed by atoms with van der Waals surface area (Å²) in [7, 11) is 0. The molecule has 1 aromatic carbocycles. The number of benzene rings is 1. The predicted molar refractivity (Wildman–Crippen MR) is 80.9 cm³/mol. The fourth-order valence-corrected chi connectivity index (χ4v) is 4.09. The zero-order chi connectivity index (χ0) is 14.5. The summed E-state index contributed by atoms with van der Waals surface area (Å²) in [6.07, 6.45) is 2.04. The molecule has 1 aliphatic rings. The van der Waals surface area contributed by atoms with Gasteiger partial charge >= 0.3 is 0 Å². The first-order chi connectivity index (χ1) is 8.75. The maximum atomic E-state index is 12.4. The lowest BCUT2D eigenvalue weighted by molar-refractivity contribution is -0.124. The van der Waals surface area contributed by atoms with Gasteiger partial charge < -0.3 is 0 Å². The third kappa shape index (κ3) is 1.70. The maximum Gasteiger partial charge on any atom is 0.140 e. The van der Waals surface area contributed by atoms with Crippen molar-refractivity contribution in [3.8, 4) is 0 Å². The van der Waals surface area contributed by atoms with Gasteiger partial charge in [0.2, 0.25) is 0 Å². The second kappa shape index (κ2) is 4.47. The number of fused-ring (bicyclic) bond motifs is 1. The molecule has 0 heterocycles. The van der Waals surface area contributed by atoms with Gasteiger partial charge in [-0.05, 0) is 86.8 Å². The Balaban J connectivity index is 2.86. The lowest BCUT2D eigenvalue weighted by Gasteiger charge is -2.34. The van der Waals surface area contributed by atoms with Crippen LogP contribution >= 0.6 is 0 Å². The van der Waals surface area contributed by atoms with Crippen LogP contribution in [0, 0.1) is 33.6 Å². The van der Waals surface area contributed by atoms with Gasteiger partial charge in [-0.15, -0.1) is 0 Å². The first kappa shape index (κ1) is 14.3. The second-order valence-corrected chi connectivity index (χ2v) is 6.54. The van der Waals surface area contributed by atoms with Gasteiger partial charge in [0, 0.05) is 0 Å². The quantitative estimate of drug-likeness (QED) is 0.770. The van der Waals surface area contributed by atoms with Gasteiger partial charge in [0.05, 0.1) is 5.41 Å². The number of carbonyl (C=O) groups excluding carboxylic acids is 1. The van der Waals surface area contributed by atoms with Crippen molar-refractivity contribution in [2.75, 3.05) is 0 Å². The van der Waals surface area contributed by atoms with E-state index in [1.54, 1.807) is 6.92 Å². The molecule has 2 rings (SSSR count). The molecule has 1 aliphatic carbocycles. The summed E-state index contributed by atoms with van der Waals surface area (Å²) in [4.78, 5) is 12.4. The summed E-state index contributed by atoms with van der Waals surface area (Å²) >= 11 is 0. The lowest BCUT2D eigenvalue weighted by atomic mass is 9.68. The van der Waals surface area contributed by atoms with Gasteiger partial charge in [-0.3, -0.25) is 4.79 Å². The van der Waals surface area contributed by atoms with Gasteiger partial charge in [0.15, 0.2) is 0 Å². The molecule has 0 aliphatic heterocycles. The Morgan fingerprint density at radius 3 is 2.00 bits per heavy atom. The van der Waals surface area contributed by atoms with Gasteiger partial charge in [-0.25, -0.2) is 0 Å². The molecule has 1 atom stereocenters. The molecular weight excluding hydrogens is 232 g/mol. The molecule has 1 unspecified atom stereocenters. The molecule has 0 bridgehead atoms. The van der Waals surface area contributed by atoms with Crippen molar-refractivity contribution in [2.24, 2.45) is 5.92 Å². The molecule has 0 radical (unpaired) electrons. The van der Waals surface area contributed by atoms with E-state index >= 15 is 0 Å². The normalized spacial score (nSPS) is 21.9. The Morgan fingerprint density at radius 1 is 1.00 bits per heavy atom. The van der Waals surface area contributed by atoms with Crippen molar-refractivity contribution >= 4 is 5.78 Å². The number of carbonyl (C=O) groups is 1. The van der Waals surface area contributed by atoms with E-state index < -0.39 is 0 Å². The van der Waals surface area contributed by atoms with E-state index in [-0.39, 0.29) is 5.41 Å². The number of hydrogen-bond donors (Lipinski definition) is 0. The minimum atomic E-state index is -0.247. The average Bonchev–Trinajstić information content (AvgIpc) is 2.75. The zero-order valence-corrected chi connectivity index (χ0v) is 13.4. The summed E-state index contributed by atoms with van der Waals surface area (Å²) in [6, 6.07) is 0. The van der Waals surface area contributed by atoms with Crippen LogP contribution in [0.2, 0.25) is 0 Å². The molecule has 1 heteroatoms. The first-order valence-electron chi connectivity index (χ1n) is 7.35. The second-order valence-electron chi connectivity index (χ2n) is 6.54. The van der Waals surface area contributed by atoms with E-state index in [0.717, 1.165) is 12.8 Å². The molecule has 0 N–H and O–H groups in total. The van der Waals surface area contributed by atoms with Gasteiger partial charge in [-0.2, -0.15) is 0 Å². The third-order valence-electron chi connectivity index (χ3n) is 5.65. The number of ketones is 1. The van der Waals surface area contributed by atoms with Crippen molar-refractivity contribution < 1.29 is 4.79 Å². The molecule has 1 aromatic rings. The van der Waals surface area contributed by atoms with Crippen LogP contribution < -0.4 is 0 Å². The van der Waals surface area contributed by atoms with E-state index in [4.69, 9.17) is 0 Å². The van der Waals surface area contributed by atoms with Crippen LogP contribution in [0.1, 0.15) is 60.6 Å².